The van der Waals surface area contributed by atoms with Crippen molar-refractivity contribution in [1.82, 2.24) is 4.31 Å². The minimum atomic E-state index is -2.30. The lowest BCUT2D eigenvalue weighted by molar-refractivity contribution is 0.439. The SMILES string of the molecule is C=S(=O)(c1ccc(C(C)C)cc1)N1CCC[C@H]1C. The van der Waals surface area contributed by atoms with Crippen molar-refractivity contribution in [1.29, 1.82) is 0 Å². The van der Waals surface area contributed by atoms with Gasteiger partial charge in [0.2, 0.25) is 0 Å². The number of rotatable bonds is 3. The van der Waals surface area contributed by atoms with E-state index in [4.69, 9.17) is 0 Å². The summed E-state index contributed by atoms with van der Waals surface area (Å²) in [6.45, 7) is 7.37. The third-order valence-electron chi connectivity index (χ3n) is 3.79. The molecule has 2 rings (SSSR count). The van der Waals surface area contributed by atoms with E-state index in [9.17, 15) is 4.21 Å². The van der Waals surface area contributed by atoms with Crippen molar-refractivity contribution in [3.8, 4) is 0 Å². The van der Waals surface area contributed by atoms with Crippen LogP contribution < -0.4 is 0 Å². The average Bonchev–Trinajstić information content (AvgIpc) is 2.76. The molecule has 1 aliphatic rings. The van der Waals surface area contributed by atoms with E-state index < -0.39 is 9.71 Å². The van der Waals surface area contributed by atoms with Gasteiger partial charge in [-0.2, -0.15) is 0 Å². The van der Waals surface area contributed by atoms with Crippen LogP contribution >= 0.6 is 0 Å². The van der Waals surface area contributed by atoms with Gasteiger partial charge in [0, 0.05) is 17.5 Å². The molecule has 1 aromatic carbocycles. The van der Waals surface area contributed by atoms with Crippen LogP contribution in [-0.2, 0) is 9.71 Å². The monoisotopic (exact) mass is 265 g/mol. The minimum Gasteiger partial charge on any atom is -0.248 e. The summed E-state index contributed by atoms with van der Waals surface area (Å²) in [7, 11) is -2.30. The van der Waals surface area contributed by atoms with Gasteiger partial charge < -0.3 is 0 Å². The van der Waals surface area contributed by atoms with Gasteiger partial charge in [0.15, 0.2) is 0 Å². The normalized spacial score (nSPS) is 24.3. The maximum atomic E-state index is 12.9. The summed E-state index contributed by atoms with van der Waals surface area (Å²) < 4.78 is 15.0. The van der Waals surface area contributed by atoms with Gasteiger partial charge in [0.1, 0.15) is 0 Å². The molecule has 0 aromatic heterocycles. The van der Waals surface area contributed by atoms with Gasteiger partial charge in [0.05, 0.1) is 9.71 Å². The summed E-state index contributed by atoms with van der Waals surface area (Å²) in [5.74, 6) is 4.51. The molecule has 1 heterocycles. The first-order valence-electron chi connectivity index (χ1n) is 6.67. The molecule has 1 aliphatic heterocycles. The van der Waals surface area contributed by atoms with Crippen molar-refractivity contribution in [3.63, 3.8) is 0 Å². The molecule has 0 bridgehead atoms. The van der Waals surface area contributed by atoms with Gasteiger partial charge in [0.25, 0.3) is 0 Å². The summed E-state index contributed by atoms with van der Waals surface area (Å²) in [5, 5.41) is 0. The Morgan fingerprint density at radius 3 is 2.39 bits per heavy atom. The van der Waals surface area contributed by atoms with Crippen molar-refractivity contribution in [2.24, 2.45) is 0 Å². The average molecular weight is 265 g/mol. The van der Waals surface area contributed by atoms with Crippen LogP contribution in [-0.4, -0.2) is 27.0 Å². The van der Waals surface area contributed by atoms with Crippen molar-refractivity contribution >= 4 is 15.6 Å². The van der Waals surface area contributed by atoms with E-state index in [0.29, 0.717) is 12.0 Å². The Labute approximate surface area is 111 Å². The lowest BCUT2D eigenvalue weighted by Crippen LogP contribution is -2.33. The highest BCUT2D eigenvalue weighted by Crippen LogP contribution is 2.26. The van der Waals surface area contributed by atoms with Crippen molar-refractivity contribution < 1.29 is 4.21 Å². The topological polar surface area (TPSA) is 20.3 Å². The first-order valence-corrected chi connectivity index (χ1v) is 8.35. The van der Waals surface area contributed by atoms with Gasteiger partial charge in [-0.1, -0.05) is 26.0 Å². The molecule has 0 N–H and O–H groups in total. The largest absolute Gasteiger partial charge is 0.248 e. The molecule has 2 atom stereocenters. The lowest BCUT2D eigenvalue weighted by atomic mass is 10.0. The number of benzene rings is 1. The molecule has 1 fully saturated rings. The minimum absolute atomic E-state index is 0.375. The van der Waals surface area contributed by atoms with Crippen LogP contribution in [0.15, 0.2) is 29.2 Å². The van der Waals surface area contributed by atoms with Crippen LogP contribution in [0, 0.1) is 0 Å². The molecule has 0 radical (unpaired) electrons. The van der Waals surface area contributed by atoms with E-state index in [-0.39, 0.29) is 0 Å². The first kappa shape index (κ1) is 13.6. The second-order valence-electron chi connectivity index (χ2n) is 5.50. The second kappa shape index (κ2) is 5.06. The molecule has 0 amide bonds. The highest BCUT2D eigenvalue weighted by atomic mass is 32.2. The summed E-state index contributed by atoms with van der Waals surface area (Å²) in [5.41, 5.74) is 1.28. The molecule has 18 heavy (non-hydrogen) atoms. The molecule has 1 unspecified atom stereocenters. The Morgan fingerprint density at radius 1 is 1.33 bits per heavy atom. The summed E-state index contributed by atoms with van der Waals surface area (Å²) >= 11 is 0. The van der Waals surface area contributed by atoms with E-state index >= 15 is 0 Å². The van der Waals surface area contributed by atoms with Crippen molar-refractivity contribution in [2.75, 3.05) is 6.54 Å². The molecule has 1 saturated heterocycles. The van der Waals surface area contributed by atoms with Gasteiger partial charge >= 0.3 is 0 Å². The zero-order chi connectivity index (χ0) is 13.3. The molecule has 100 valence electrons. The fraction of sp³-hybridized carbons (Fsp3) is 0.533. The van der Waals surface area contributed by atoms with Crippen LogP contribution in [0.1, 0.15) is 45.1 Å². The predicted molar refractivity (Wildman–Crippen MR) is 79.5 cm³/mol. The molecule has 0 spiro atoms. The molecule has 0 saturated carbocycles. The predicted octanol–water partition coefficient (Wildman–Crippen LogP) is 3.28. The molecule has 3 heteroatoms. The Hall–Kier alpha value is -0.800. The highest BCUT2D eigenvalue weighted by molar-refractivity contribution is 7.98. The maximum Gasteiger partial charge on any atom is 0.0560 e. The number of nitrogens with zero attached hydrogens (tertiary/aromatic N) is 1. The van der Waals surface area contributed by atoms with E-state index in [2.05, 4.69) is 43.1 Å². The number of hydrogen-bond acceptors (Lipinski definition) is 1. The Morgan fingerprint density at radius 2 is 1.94 bits per heavy atom. The molecular formula is C15H23NOS. The summed E-state index contributed by atoms with van der Waals surface area (Å²) in [6, 6.07) is 8.49. The lowest BCUT2D eigenvalue weighted by Gasteiger charge is -2.25. The van der Waals surface area contributed by atoms with Gasteiger partial charge in [-0.25, -0.2) is 8.51 Å². The zero-order valence-corrected chi connectivity index (χ0v) is 12.4. The summed E-state index contributed by atoms with van der Waals surface area (Å²) in [4.78, 5) is 0.862. The first-order chi connectivity index (χ1) is 8.43. The quantitative estimate of drug-likeness (QED) is 0.768. The van der Waals surface area contributed by atoms with E-state index in [1.54, 1.807) is 0 Å². The fourth-order valence-corrected chi connectivity index (χ4v) is 4.49. The van der Waals surface area contributed by atoms with E-state index in [1.807, 2.05) is 12.1 Å². The smallest absolute Gasteiger partial charge is 0.0560 e. The Balaban J connectivity index is 2.30. The van der Waals surface area contributed by atoms with Gasteiger partial charge in [-0.3, -0.25) is 0 Å². The maximum absolute atomic E-state index is 12.9. The van der Waals surface area contributed by atoms with Crippen LogP contribution in [0.3, 0.4) is 0 Å². The molecular weight excluding hydrogens is 242 g/mol. The van der Waals surface area contributed by atoms with Crippen LogP contribution in [0.5, 0.6) is 0 Å². The highest BCUT2D eigenvalue weighted by Gasteiger charge is 2.28. The Kier molecular flexibility index (Phi) is 3.83. The van der Waals surface area contributed by atoms with Crippen LogP contribution in [0.4, 0.5) is 0 Å². The van der Waals surface area contributed by atoms with Crippen molar-refractivity contribution in [2.45, 2.75) is 50.5 Å². The van der Waals surface area contributed by atoms with Gasteiger partial charge in [-0.05, 0) is 49.2 Å². The molecule has 2 nitrogen and oxygen atoms in total. The molecule has 0 aliphatic carbocycles. The number of hydrogen-bond donors (Lipinski definition) is 0. The van der Waals surface area contributed by atoms with Gasteiger partial charge in [-0.15, -0.1) is 0 Å². The molecule has 1 aromatic rings. The third-order valence-corrected chi connectivity index (χ3v) is 6.09. The third kappa shape index (κ3) is 2.47. The Bertz CT molecular complexity index is 502. The fourth-order valence-electron chi connectivity index (χ4n) is 2.55. The standard InChI is InChI=1S/C15H23NOS/c1-12(2)14-7-9-15(10-8-14)18(4,17)16-11-5-6-13(16)3/h7-10,12-13H,4-6,11H2,1-3H3/t13-,18?/m1/s1. The van der Waals surface area contributed by atoms with E-state index in [1.165, 1.54) is 5.56 Å². The van der Waals surface area contributed by atoms with Crippen LogP contribution in [0.2, 0.25) is 0 Å². The van der Waals surface area contributed by atoms with Crippen LogP contribution in [0.25, 0.3) is 0 Å². The van der Waals surface area contributed by atoms with Crippen molar-refractivity contribution in [3.05, 3.63) is 29.8 Å². The second-order valence-corrected chi connectivity index (χ2v) is 7.72. The van der Waals surface area contributed by atoms with E-state index in [0.717, 1.165) is 24.3 Å². The zero-order valence-electron chi connectivity index (χ0n) is 11.6. The summed E-state index contributed by atoms with van der Waals surface area (Å²) in [6.07, 6.45) is 2.24.